The Balaban J connectivity index is 1.29. The molecule has 4 aromatic rings. The van der Waals surface area contributed by atoms with E-state index in [1.807, 2.05) is 0 Å². The zero-order valence-corrected chi connectivity index (χ0v) is 23.4. The standard InChI is InChI=1S/C29H20F3N3O6S2/c30-29(31,32)15-4-2-5-17(12-15)35-26(38)22-21(23-25(34-28(40)43-23)42-24(22)27(35)39)14-3-1-6-19(11-14)41-13-20(37)33-16-7-9-18(36)10-8-16/h1-12,21-22,24,36H,13H2,(H,33,37)(H,34,40). The fraction of sp³-hybridized carbons (Fsp3) is 0.172. The maximum Gasteiger partial charge on any atom is 0.416 e. The normalized spacial score (nSPS) is 19.6. The van der Waals surface area contributed by atoms with Gasteiger partial charge in [0.2, 0.25) is 11.8 Å². The van der Waals surface area contributed by atoms with Crippen LogP contribution in [0.5, 0.6) is 11.5 Å². The number of aromatic amines is 1. The van der Waals surface area contributed by atoms with E-state index in [0.29, 0.717) is 21.2 Å². The quantitative estimate of drug-likeness (QED) is 0.203. The molecule has 3 heterocycles. The Morgan fingerprint density at radius 2 is 1.74 bits per heavy atom. The summed E-state index contributed by atoms with van der Waals surface area (Å²) in [5.74, 6) is -3.30. The number of benzene rings is 3. The van der Waals surface area contributed by atoms with Crippen molar-refractivity contribution in [1.29, 1.82) is 0 Å². The lowest BCUT2D eigenvalue weighted by atomic mass is 9.83. The lowest BCUT2D eigenvalue weighted by Gasteiger charge is -2.30. The van der Waals surface area contributed by atoms with Gasteiger partial charge in [-0.25, -0.2) is 4.90 Å². The average Bonchev–Trinajstić information content (AvgIpc) is 3.47. The molecule has 0 bridgehead atoms. The Morgan fingerprint density at radius 3 is 2.49 bits per heavy atom. The first-order valence-electron chi connectivity index (χ1n) is 12.8. The van der Waals surface area contributed by atoms with Gasteiger partial charge in [-0.15, -0.1) is 0 Å². The summed E-state index contributed by atoms with van der Waals surface area (Å²) in [5, 5.41) is 11.4. The van der Waals surface area contributed by atoms with E-state index in [1.54, 1.807) is 24.3 Å². The number of carbonyl (C=O) groups excluding carboxylic acids is 3. The summed E-state index contributed by atoms with van der Waals surface area (Å²) in [7, 11) is 0. The predicted molar refractivity (Wildman–Crippen MR) is 153 cm³/mol. The number of halogens is 3. The van der Waals surface area contributed by atoms with Crippen molar-refractivity contribution in [2.75, 3.05) is 16.8 Å². The number of fused-ring (bicyclic) bond motifs is 2. The summed E-state index contributed by atoms with van der Waals surface area (Å²) in [4.78, 5) is 55.8. The Labute approximate surface area is 249 Å². The molecule has 43 heavy (non-hydrogen) atoms. The summed E-state index contributed by atoms with van der Waals surface area (Å²) in [6.07, 6.45) is -4.67. The first kappa shape index (κ1) is 28.6. The molecule has 6 rings (SSSR count). The molecule has 3 amide bonds. The monoisotopic (exact) mass is 627 g/mol. The number of imide groups is 1. The van der Waals surface area contributed by atoms with Crippen molar-refractivity contribution < 1.29 is 37.4 Å². The summed E-state index contributed by atoms with van der Waals surface area (Å²) in [6.45, 7) is -0.361. The van der Waals surface area contributed by atoms with Gasteiger partial charge in [-0.1, -0.05) is 41.3 Å². The van der Waals surface area contributed by atoms with Gasteiger partial charge in [0.1, 0.15) is 16.7 Å². The van der Waals surface area contributed by atoms with E-state index >= 15 is 0 Å². The maximum atomic E-state index is 13.8. The van der Waals surface area contributed by atoms with Crippen molar-refractivity contribution in [3.05, 3.63) is 98.5 Å². The van der Waals surface area contributed by atoms with Crippen LogP contribution >= 0.6 is 23.1 Å². The number of aromatic nitrogens is 1. The molecule has 14 heteroatoms. The van der Waals surface area contributed by atoms with Crippen molar-refractivity contribution in [1.82, 2.24) is 4.98 Å². The number of carbonyl (C=O) groups is 3. The number of phenols is 1. The number of nitrogens with one attached hydrogen (secondary N) is 2. The number of amides is 3. The zero-order valence-electron chi connectivity index (χ0n) is 21.8. The minimum absolute atomic E-state index is 0.0467. The number of thioether (sulfide) groups is 1. The van der Waals surface area contributed by atoms with Gasteiger partial charge in [-0.05, 0) is 60.2 Å². The lowest BCUT2D eigenvalue weighted by molar-refractivity contribution is -0.137. The highest BCUT2D eigenvalue weighted by Crippen LogP contribution is 2.53. The van der Waals surface area contributed by atoms with Gasteiger partial charge < -0.3 is 20.1 Å². The topological polar surface area (TPSA) is 129 Å². The Hall–Kier alpha value is -4.56. The summed E-state index contributed by atoms with van der Waals surface area (Å²) in [6, 6.07) is 16.5. The van der Waals surface area contributed by atoms with E-state index in [1.165, 1.54) is 30.3 Å². The van der Waals surface area contributed by atoms with Gasteiger partial charge in [0.05, 0.1) is 22.2 Å². The number of rotatable bonds is 6. The SMILES string of the molecule is O=C(COc1cccc(C2c3sc(=O)[nH]c3SC3C(=O)N(c4cccc(C(F)(F)F)c4)C(=O)C32)c1)Nc1ccc(O)cc1. The number of hydrogen-bond acceptors (Lipinski definition) is 8. The molecule has 220 valence electrons. The van der Waals surface area contributed by atoms with Crippen LogP contribution < -0.4 is 19.8 Å². The number of aromatic hydroxyl groups is 1. The number of phenolic OH excluding ortho intramolecular Hbond substituents is 1. The van der Waals surface area contributed by atoms with Crippen molar-refractivity contribution in [3.63, 3.8) is 0 Å². The molecule has 0 radical (unpaired) electrons. The number of H-pyrrole nitrogens is 1. The third-order valence-corrected chi connectivity index (χ3v) is 9.39. The van der Waals surface area contributed by atoms with Crippen LogP contribution in [0, 0.1) is 5.92 Å². The number of hydrogen-bond donors (Lipinski definition) is 3. The summed E-state index contributed by atoms with van der Waals surface area (Å²) < 4.78 is 45.9. The van der Waals surface area contributed by atoms with Crippen LogP contribution in [0.25, 0.3) is 0 Å². The second-order valence-electron chi connectivity index (χ2n) is 9.77. The maximum absolute atomic E-state index is 13.8. The molecule has 2 aliphatic rings. The van der Waals surface area contributed by atoms with Crippen LogP contribution in [-0.2, 0) is 20.6 Å². The Kier molecular flexibility index (Phi) is 7.26. The van der Waals surface area contributed by atoms with Gasteiger partial charge in [0.15, 0.2) is 6.61 Å². The smallest absolute Gasteiger partial charge is 0.416 e. The predicted octanol–water partition coefficient (Wildman–Crippen LogP) is 4.97. The Bertz CT molecular complexity index is 1800. The molecular weight excluding hydrogens is 607 g/mol. The number of anilines is 2. The first-order chi connectivity index (χ1) is 20.5. The highest BCUT2D eigenvalue weighted by molar-refractivity contribution is 8.00. The number of nitrogens with zero attached hydrogens (tertiary/aromatic N) is 1. The molecule has 3 atom stereocenters. The second kappa shape index (κ2) is 10.9. The molecule has 9 nitrogen and oxygen atoms in total. The van der Waals surface area contributed by atoms with E-state index in [-0.39, 0.29) is 28.7 Å². The van der Waals surface area contributed by atoms with Crippen LogP contribution in [0.4, 0.5) is 24.5 Å². The fourth-order valence-electron chi connectivity index (χ4n) is 5.14. The van der Waals surface area contributed by atoms with Gasteiger partial charge in [0, 0.05) is 16.5 Å². The van der Waals surface area contributed by atoms with E-state index in [9.17, 15) is 37.5 Å². The molecule has 3 N–H and O–H groups in total. The largest absolute Gasteiger partial charge is 0.508 e. The second-order valence-corrected chi connectivity index (χ2v) is 11.9. The molecule has 0 saturated carbocycles. The third-order valence-electron chi connectivity index (χ3n) is 6.99. The molecule has 0 aliphatic carbocycles. The van der Waals surface area contributed by atoms with E-state index in [0.717, 1.165) is 46.2 Å². The molecule has 0 spiro atoms. The summed E-state index contributed by atoms with van der Waals surface area (Å²) in [5.41, 5.74) is -0.203. The molecule has 2 aliphatic heterocycles. The van der Waals surface area contributed by atoms with Crippen molar-refractivity contribution in [3.8, 4) is 11.5 Å². The molecule has 3 unspecified atom stereocenters. The number of thiazole rings is 1. The van der Waals surface area contributed by atoms with Gasteiger partial charge >= 0.3 is 11.0 Å². The molecule has 1 fully saturated rings. The zero-order chi connectivity index (χ0) is 30.5. The molecule has 3 aromatic carbocycles. The van der Waals surface area contributed by atoms with Crippen molar-refractivity contribution in [2.24, 2.45) is 5.92 Å². The average molecular weight is 628 g/mol. The fourth-order valence-corrected chi connectivity index (χ4v) is 7.66. The minimum atomic E-state index is -4.67. The van der Waals surface area contributed by atoms with Gasteiger partial charge in [-0.3, -0.25) is 19.2 Å². The third kappa shape index (κ3) is 5.50. The van der Waals surface area contributed by atoms with E-state index in [2.05, 4.69) is 10.3 Å². The number of alkyl halides is 3. The lowest BCUT2D eigenvalue weighted by Crippen LogP contribution is -2.32. The van der Waals surface area contributed by atoms with Crippen LogP contribution in [-0.4, -0.2) is 39.7 Å². The minimum Gasteiger partial charge on any atom is -0.508 e. The number of ether oxygens (including phenoxy) is 1. The van der Waals surface area contributed by atoms with E-state index in [4.69, 9.17) is 4.74 Å². The van der Waals surface area contributed by atoms with Gasteiger partial charge in [0.25, 0.3) is 5.91 Å². The molecule has 1 saturated heterocycles. The first-order valence-corrected chi connectivity index (χ1v) is 14.5. The van der Waals surface area contributed by atoms with Crippen molar-refractivity contribution >= 4 is 52.2 Å². The highest BCUT2D eigenvalue weighted by Gasteiger charge is 2.56. The molecule has 1 aromatic heterocycles. The van der Waals surface area contributed by atoms with Crippen LogP contribution in [0.15, 0.2) is 82.6 Å². The van der Waals surface area contributed by atoms with Crippen LogP contribution in [0.2, 0.25) is 0 Å². The van der Waals surface area contributed by atoms with Gasteiger partial charge in [-0.2, -0.15) is 13.2 Å². The Morgan fingerprint density at radius 1 is 1.00 bits per heavy atom. The van der Waals surface area contributed by atoms with Crippen LogP contribution in [0.1, 0.15) is 21.9 Å². The van der Waals surface area contributed by atoms with Crippen molar-refractivity contribution in [2.45, 2.75) is 22.4 Å². The van der Waals surface area contributed by atoms with Crippen LogP contribution in [0.3, 0.4) is 0 Å². The highest BCUT2D eigenvalue weighted by atomic mass is 32.2. The molecular formula is C29H20F3N3O6S2. The van der Waals surface area contributed by atoms with E-state index < -0.39 is 46.5 Å². The summed E-state index contributed by atoms with van der Waals surface area (Å²) >= 11 is 1.90.